The fraction of sp³-hybridized carbons (Fsp3) is 0.353. The van der Waals surface area contributed by atoms with Crippen LogP contribution in [0.1, 0.15) is 35.9 Å². The molecular formula is C17H20N2O4. The molecule has 122 valence electrons. The van der Waals surface area contributed by atoms with Crippen molar-refractivity contribution in [2.45, 2.75) is 32.7 Å². The van der Waals surface area contributed by atoms with Crippen molar-refractivity contribution in [3.63, 3.8) is 0 Å². The average molecular weight is 316 g/mol. The van der Waals surface area contributed by atoms with Gasteiger partial charge in [-0.2, -0.15) is 0 Å². The molecular weight excluding hydrogens is 296 g/mol. The van der Waals surface area contributed by atoms with E-state index in [4.69, 9.17) is 4.42 Å². The highest BCUT2D eigenvalue weighted by molar-refractivity contribution is 6.36. The van der Waals surface area contributed by atoms with E-state index < -0.39 is 11.7 Å². The Hall–Kier alpha value is -2.63. The van der Waals surface area contributed by atoms with Crippen LogP contribution in [0.4, 0.5) is 0 Å². The van der Waals surface area contributed by atoms with Gasteiger partial charge < -0.3 is 15.1 Å². The Morgan fingerprint density at radius 3 is 2.57 bits per heavy atom. The lowest BCUT2D eigenvalue weighted by Crippen LogP contribution is -2.34. The lowest BCUT2D eigenvalue weighted by Gasteiger charge is -2.12. The van der Waals surface area contributed by atoms with Crippen molar-refractivity contribution < 1.29 is 18.8 Å². The summed E-state index contributed by atoms with van der Waals surface area (Å²) in [6.45, 7) is 3.62. The van der Waals surface area contributed by atoms with Crippen LogP contribution in [-0.4, -0.2) is 30.7 Å². The zero-order chi connectivity index (χ0) is 17.0. The van der Waals surface area contributed by atoms with E-state index in [1.54, 1.807) is 6.92 Å². The minimum Gasteiger partial charge on any atom is -0.451 e. The van der Waals surface area contributed by atoms with Crippen molar-refractivity contribution >= 4 is 28.6 Å². The van der Waals surface area contributed by atoms with Crippen LogP contribution in [-0.2, 0) is 9.59 Å². The molecule has 6 nitrogen and oxygen atoms in total. The van der Waals surface area contributed by atoms with Gasteiger partial charge in [0.15, 0.2) is 5.76 Å². The normalized spacial score (nSPS) is 12.0. The third-order valence-corrected chi connectivity index (χ3v) is 3.71. The van der Waals surface area contributed by atoms with Crippen molar-refractivity contribution in [2.24, 2.45) is 0 Å². The summed E-state index contributed by atoms with van der Waals surface area (Å²) in [6.07, 6.45) is 0.470. The lowest BCUT2D eigenvalue weighted by atomic mass is 10.1. The largest absolute Gasteiger partial charge is 0.451 e. The second kappa shape index (κ2) is 7.09. The number of para-hydroxylation sites is 1. The summed E-state index contributed by atoms with van der Waals surface area (Å²) in [5.74, 6) is -1.15. The summed E-state index contributed by atoms with van der Waals surface area (Å²) < 4.78 is 5.60. The van der Waals surface area contributed by atoms with Gasteiger partial charge in [0.05, 0.1) is 0 Å². The number of hydrogen-bond donors (Lipinski definition) is 2. The molecule has 0 saturated heterocycles. The first kappa shape index (κ1) is 16.7. The van der Waals surface area contributed by atoms with E-state index in [0.29, 0.717) is 12.0 Å². The maximum Gasteiger partial charge on any atom is 0.287 e. The predicted molar refractivity (Wildman–Crippen MR) is 86.2 cm³/mol. The Bertz CT molecular complexity index is 748. The summed E-state index contributed by atoms with van der Waals surface area (Å²) in [5.41, 5.74) is 1.45. The molecule has 0 aliphatic rings. The maximum absolute atomic E-state index is 12.3. The van der Waals surface area contributed by atoms with E-state index in [-0.39, 0.29) is 24.1 Å². The highest BCUT2D eigenvalue weighted by Crippen LogP contribution is 2.24. The minimum atomic E-state index is -0.614. The molecule has 23 heavy (non-hydrogen) atoms. The molecule has 1 heterocycles. The number of hydrogen-bond acceptors (Lipinski definition) is 4. The molecule has 2 N–H and O–H groups in total. The van der Waals surface area contributed by atoms with E-state index in [1.165, 1.54) is 7.05 Å². The molecule has 2 amide bonds. The number of aryl methyl sites for hydroxylation is 1. The summed E-state index contributed by atoms with van der Waals surface area (Å²) in [5, 5.41) is 5.98. The predicted octanol–water partition coefficient (Wildman–Crippen LogP) is 1.95. The molecule has 1 aromatic carbocycles. The molecule has 2 rings (SSSR count). The van der Waals surface area contributed by atoms with Crippen LogP contribution < -0.4 is 10.6 Å². The molecule has 6 heteroatoms. The van der Waals surface area contributed by atoms with Crippen LogP contribution in [0.5, 0.6) is 0 Å². The van der Waals surface area contributed by atoms with Crippen LogP contribution in [0.15, 0.2) is 28.7 Å². The molecule has 1 aromatic heterocycles. The van der Waals surface area contributed by atoms with Crippen LogP contribution >= 0.6 is 0 Å². The summed E-state index contributed by atoms with van der Waals surface area (Å²) in [4.78, 5) is 34.9. The minimum absolute atomic E-state index is 0.0836. The number of nitrogens with one attached hydrogen (secondary N) is 2. The zero-order valence-corrected chi connectivity index (χ0v) is 13.4. The monoisotopic (exact) mass is 316 g/mol. The number of furan rings is 1. The van der Waals surface area contributed by atoms with Crippen LogP contribution in [0.2, 0.25) is 0 Å². The Labute approximate surface area is 134 Å². The highest BCUT2D eigenvalue weighted by Gasteiger charge is 2.20. The Kier molecular flexibility index (Phi) is 5.16. The quantitative estimate of drug-likeness (QED) is 0.797. The van der Waals surface area contributed by atoms with Gasteiger partial charge in [0.1, 0.15) is 5.58 Å². The molecule has 0 fully saturated rings. The van der Waals surface area contributed by atoms with Gasteiger partial charge in [-0.1, -0.05) is 18.2 Å². The molecule has 2 aromatic rings. The van der Waals surface area contributed by atoms with Crippen molar-refractivity contribution in [3.05, 3.63) is 35.6 Å². The number of likely N-dealkylation sites (N-methyl/N-ethyl adjacent to an activating group) is 1. The van der Waals surface area contributed by atoms with Crippen LogP contribution in [0, 0.1) is 6.92 Å². The Balaban J connectivity index is 1.99. The first-order valence-corrected chi connectivity index (χ1v) is 7.48. The van der Waals surface area contributed by atoms with Crippen molar-refractivity contribution in [3.8, 4) is 0 Å². The molecule has 0 radical (unpaired) electrons. The van der Waals surface area contributed by atoms with E-state index in [0.717, 1.165) is 10.9 Å². The lowest BCUT2D eigenvalue weighted by molar-refractivity contribution is -0.137. The van der Waals surface area contributed by atoms with Crippen LogP contribution in [0.25, 0.3) is 11.0 Å². The van der Waals surface area contributed by atoms with E-state index in [2.05, 4.69) is 10.6 Å². The van der Waals surface area contributed by atoms with E-state index in [9.17, 15) is 14.4 Å². The standard InChI is InChI=1S/C17H20N2O4/c1-10(8-9-13(20)16(21)18-3)19-17(22)15-11(2)12-6-4-5-7-14(12)23-15/h4-7,10H,8-9H2,1-3H3,(H,18,21)(H,19,22). The number of carbonyl (C=O) groups is 3. The molecule has 0 spiro atoms. The fourth-order valence-electron chi connectivity index (χ4n) is 2.35. The summed E-state index contributed by atoms with van der Waals surface area (Å²) in [7, 11) is 1.41. The van der Waals surface area contributed by atoms with Crippen molar-refractivity contribution in [1.29, 1.82) is 0 Å². The van der Waals surface area contributed by atoms with Gasteiger partial charge in [0, 0.05) is 30.5 Å². The number of benzene rings is 1. The van der Waals surface area contributed by atoms with Crippen molar-refractivity contribution in [2.75, 3.05) is 7.05 Å². The zero-order valence-electron chi connectivity index (χ0n) is 13.4. The molecule has 0 saturated carbocycles. The second-order valence-electron chi connectivity index (χ2n) is 5.47. The maximum atomic E-state index is 12.3. The van der Waals surface area contributed by atoms with E-state index >= 15 is 0 Å². The SMILES string of the molecule is CNC(=O)C(=O)CCC(C)NC(=O)c1oc2ccccc2c1C. The van der Waals surface area contributed by atoms with E-state index in [1.807, 2.05) is 31.2 Å². The fourth-order valence-corrected chi connectivity index (χ4v) is 2.35. The van der Waals surface area contributed by atoms with Gasteiger partial charge in [-0.05, 0) is 26.3 Å². The first-order valence-electron chi connectivity index (χ1n) is 7.48. The van der Waals surface area contributed by atoms with Gasteiger partial charge in [0.25, 0.3) is 11.8 Å². The smallest absolute Gasteiger partial charge is 0.287 e. The van der Waals surface area contributed by atoms with Crippen LogP contribution in [0.3, 0.4) is 0 Å². The third-order valence-electron chi connectivity index (χ3n) is 3.71. The number of Topliss-reactive ketones (excluding diaryl/α,β-unsaturated/α-hetero) is 1. The van der Waals surface area contributed by atoms with Gasteiger partial charge in [-0.25, -0.2) is 0 Å². The molecule has 0 bridgehead atoms. The Morgan fingerprint density at radius 1 is 1.22 bits per heavy atom. The summed E-state index contributed by atoms with van der Waals surface area (Å²) in [6, 6.07) is 7.20. The number of amides is 2. The number of ketones is 1. The topological polar surface area (TPSA) is 88.4 Å². The van der Waals surface area contributed by atoms with Crippen molar-refractivity contribution in [1.82, 2.24) is 10.6 Å². The van der Waals surface area contributed by atoms with Gasteiger partial charge in [-0.3, -0.25) is 14.4 Å². The molecule has 1 atom stereocenters. The second-order valence-corrected chi connectivity index (χ2v) is 5.47. The number of carbonyl (C=O) groups excluding carboxylic acids is 3. The molecule has 0 aliphatic heterocycles. The highest BCUT2D eigenvalue weighted by atomic mass is 16.3. The summed E-state index contributed by atoms with van der Waals surface area (Å²) >= 11 is 0. The molecule has 0 aliphatic carbocycles. The first-order chi connectivity index (χ1) is 10.9. The third kappa shape index (κ3) is 3.77. The average Bonchev–Trinajstić information content (AvgIpc) is 2.89. The number of rotatable bonds is 6. The number of fused-ring (bicyclic) bond motifs is 1. The van der Waals surface area contributed by atoms with Gasteiger partial charge >= 0.3 is 0 Å². The molecule has 1 unspecified atom stereocenters. The van der Waals surface area contributed by atoms with Gasteiger partial charge in [0.2, 0.25) is 5.78 Å². The Morgan fingerprint density at radius 2 is 1.91 bits per heavy atom. The van der Waals surface area contributed by atoms with Gasteiger partial charge in [-0.15, -0.1) is 0 Å².